The molecule has 5 unspecified atom stereocenters. The molecule has 0 aromatic carbocycles. The first-order valence-corrected chi connectivity index (χ1v) is 11.0. The van der Waals surface area contributed by atoms with Crippen LogP contribution in [0.5, 0.6) is 0 Å². The number of hydrogen-bond donors (Lipinski definition) is 3. The van der Waals surface area contributed by atoms with E-state index in [0.717, 1.165) is 38.8 Å². The smallest absolute Gasteiger partial charge is 0.310 e. The molecule has 3 aliphatic rings. The highest BCUT2D eigenvalue weighted by molar-refractivity contribution is 5.75. The van der Waals surface area contributed by atoms with Gasteiger partial charge in [0.2, 0.25) is 0 Å². The van der Waals surface area contributed by atoms with Crippen molar-refractivity contribution < 1.29 is 19.7 Å². The van der Waals surface area contributed by atoms with Crippen LogP contribution < -0.4 is 5.32 Å². The van der Waals surface area contributed by atoms with Crippen molar-refractivity contribution in [1.29, 1.82) is 0 Å². The summed E-state index contributed by atoms with van der Waals surface area (Å²) in [5, 5.41) is 21.6. The van der Waals surface area contributed by atoms with Gasteiger partial charge < -0.3 is 20.3 Å². The van der Waals surface area contributed by atoms with E-state index >= 15 is 0 Å². The molecule has 0 aromatic rings. The Morgan fingerprint density at radius 2 is 2.04 bits per heavy atom. The third kappa shape index (κ3) is 4.78. The standard InChI is InChI=1S/C22H38N2O4/c1-16-5-3-6-22(2)14-20-17(13-19(16)22)18(21(27)28-20)15-23-7-4-8-24(9-11-25)10-12-26/h17-20,23,25-26H,1,3-15H2,2H3. The van der Waals surface area contributed by atoms with Crippen molar-refractivity contribution >= 4 is 5.97 Å². The van der Waals surface area contributed by atoms with Crippen LogP contribution in [0, 0.1) is 23.2 Å². The molecule has 1 saturated heterocycles. The van der Waals surface area contributed by atoms with Gasteiger partial charge in [-0.2, -0.15) is 0 Å². The van der Waals surface area contributed by atoms with E-state index in [1.165, 1.54) is 18.4 Å². The van der Waals surface area contributed by atoms with E-state index in [4.69, 9.17) is 14.9 Å². The van der Waals surface area contributed by atoms with E-state index < -0.39 is 0 Å². The zero-order chi connectivity index (χ0) is 20.1. The molecule has 1 heterocycles. The Morgan fingerprint density at radius 1 is 1.29 bits per heavy atom. The Bertz CT molecular complexity index is 549. The van der Waals surface area contributed by atoms with Gasteiger partial charge >= 0.3 is 5.97 Å². The second-order valence-corrected chi connectivity index (χ2v) is 9.25. The summed E-state index contributed by atoms with van der Waals surface area (Å²) >= 11 is 0. The number of hydrogen-bond acceptors (Lipinski definition) is 6. The number of esters is 1. The van der Waals surface area contributed by atoms with Crippen LogP contribution in [0.3, 0.4) is 0 Å². The van der Waals surface area contributed by atoms with Crippen molar-refractivity contribution in [3.8, 4) is 0 Å². The Morgan fingerprint density at radius 3 is 2.75 bits per heavy atom. The molecule has 3 rings (SSSR count). The minimum Gasteiger partial charge on any atom is -0.462 e. The SMILES string of the molecule is C=C1CCCC2(C)CC3OC(=O)C(CNCCCN(CCO)CCO)C3CC12. The Labute approximate surface area is 169 Å². The number of nitrogens with zero attached hydrogens (tertiary/aromatic N) is 1. The monoisotopic (exact) mass is 394 g/mol. The van der Waals surface area contributed by atoms with E-state index in [1.54, 1.807) is 0 Å². The fourth-order valence-corrected chi connectivity index (χ4v) is 5.79. The van der Waals surface area contributed by atoms with Gasteiger partial charge in [0.05, 0.1) is 19.1 Å². The number of rotatable bonds is 10. The predicted molar refractivity (Wildman–Crippen MR) is 109 cm³/mol. The Hall–Kier alpha value is -0.950. The highest BCUT2D eigenvalue weighted by Crippen LogP contribution is 2.56. The summed E-state index contributed by atoms with van der Waals surface area (Å²) in [7, 11) is 0. The number of allylic oxidation sites excluding steroid dienone is 1. The van der Waals surface area contributed by atoms with Crippen LogP contribution in [0.2, 0.25) is 0 Å². The molecule has 6 nitrogen and oxygen atoms in total. The summed E-state index contributed by atoms with van der Waals surface area (Å²) in [6, 6.07) is 0. The molecule has 160 valence electrons. The van der Waals surface area contributed by atoms with E-state index in [1.807, 2.05) is 0 Å². The number of aliphatic hydroxyl groups excluding tert-OH is 2. The molecule has 28 heavy (non-hydrogen) atoms. The maximum Gasteiger partial charge on any atom is 0.310 e. The van der Waals surface area contributed by atoms with Gasteiger partial charge in [-0.1, -0.05) is 19.1 Å². The lowest BCUT2D eigenvalue weighted by Gasteiger charge is -2.50. The quantitative estimate of drug-likeness (QED) is 0.296. The predicted octanol–water partition coefficient (Wildman–Crippen LogP) is 1.57. The van der Waals surface area contributed by atoms with E-state index in [9.17, 15) is 4.79 Å². The summed E-state index contributed by atoms with van der Waals surface area (Å²) in [5.74, 6) is 0.769. The van der Waals surface area contributed by atoms with E-state index in [-0.39, 0.29) is 36.6 Å². The molecule has 0 aromatic heterocycles. The zero-order valence-electron chi connectivity index (χ0n) is 17.4. The molecular formula is C22H38N2O4. The third-order valence-electron chi connectivity index (χ3n) is 7.34. The van der Waals surface area contributed by atoms with Crippen molar-refractivity contribution in [2.24, 2.45) is 23.2 Å². The maximum absolute atomic E-state index is 12.5. The lowest BCUT2D eigenvalue weighted by Crippen LogP contribution is -2.45. The summed E-state index contributed by atoms with van der Waals surface area (Å²) < 4.78 is 5.81. The molecule has 5 atom stereocenters. The number of aliphatic hydroxyl groups is 2. The molecule has 2 saturated carbocycles. The first-order chi connectivity index (χ1) is 13.5. The van der Waals surface area contributed by atoms with Crippen molar-refractivity contribution in [2.45, 2.75) is 51.6 Å². The van der Waals surface area contributed by atoms with Gasteiger partial charge in [-0.15, -0.1) is 0 Å². The van der Waals surface area contributed by atoms with Gasteiger partial charge in [0.25, 0.3) is 0 Å². The van der Waals surface area contributed by atoms with Crippen LogP contribution in [-0.4, -0.2) is 73.1 Å². The number of carbonyl (C=O) groups is 1. The normalized spacial score (nSPS) is 35.0. The fourth-order valence-electron chi connectivity index (χ4n) is 5.79. The minimum absolute atomic E-state index is 0.0300. The number of fused-ring (bicyclic) bond motifs is 2. The van der Waals surface area contributed by atoms with Crippen LogP contribution in [0.25, 0.3) is 0 Å². The molecule has 2 aliphatic carbocycles. The average Bonchev–Trinajstić information content (AvgIpc) is 2.94. The molecule has 0 radical (unpaired) electrons. The van der Waals surface area contributed by atoms with Crippen molar-refractivity contribution in [1.82, 2.24) is 10.2 Å². The average molecular weight is 395 g/mol. The zero-order valence-corrected chi connectivity index (χ0v) is 17.4. The second-order valence-electron chi connectivity index (χ2n) is 9.25. The summed E-state index contributed by atoms with van der Waals surface area (Å²) in [6.45, 7) is 10.4. The molecule has 3 N–H and O–H groups in total. The van der Waals surface area contributed by atoms with Gasteiger partial charge in [0, 0.05) is 25.6 Å². The third-order valence-corrected chi connectivity index (χ3v) is 7.34. The molecule has 1 aliphatic heterocycles. The molecule has 3 fully saturated rings. The molecular weight excluding hydrogens is 356 g/mol. The van der Waals surface area contributed by atoms with Crippen LogP contribution >= 0.6 is 0 Å². The highest BCUT2D eigenvalue weighted by Gasteiger charge is 2.54. The molecule has 0 amide bonds. The fraction of sp³-hybridized carbons (Fsp3) is 0.864. The largest absolute Gasteiger partial charge is 0.462 e. The topological polar surface area (TPSA) is 82.0 Å². The summed E-state index contributed by atoms with van der Waals surface area (Å²) in [4.78, 5) is 14.6. The summed E-state index contributed by atoms with van der Waals surface area (Å²) in [6.07, 6.45) is 6.60. The van der Waals surface area contributed by atoms with Crippen molar-refractivity contribution in [3.05, 3.63) is 12.2 Å². The van der Waals surface area contributed by atoms with Gasteiger partial charge in [0.15, 0.2) is 0 Å². The van der Waals surface area contributed by atoms with Crippen LogP contribution in [-0.2, 0) is 9.53 Å². The maximum atomic E-state index is 12.5. The first-order valence-electron chi connectivity index (χ1n) is 11.0. The van der Waals surface area contributed by atoms with Crippen LogP contribution in [0.4, 0.5) is 0 Å². The van der Waals surface area contributed by atoms with Crippen LogP contribution in [0.1, 0.15) is 45.4 Å². The summed E-state index contributed by atoms with van der Waals surface area (Å²) in [5.41, 5.74) is 1.63. The van der Waals surface area contributed by atoms with E-state index in [2.05, 4.69) is 23.7 Å². The second kappa shape index (κ2) is 9.70. The van der Waals surface area contributed by atoms with Gasteiger partial charge in [-0.3, -0.25) is 9.69 Å². The van der Waals surface area contributed by atoms with Crippen molar-refractivity contribution in [3.63, 3.8) is 0 Å². The lowest BCUT2D eigenvalue weighted by molar-refractivity contribution is -0.146. The molecule has 6 heteroatoms. The number of carbonyl (C=O) groups excluding carboxylic acids is 1. The Balaban J connectivity index is 1.47. The first kappa shape index (κ1) is 21.8. The van der Waals surface area contributed by atoms with Crippen molar-refractivity contribution in [2.75, 3.05) is 45.9 Å². The van der Waals surface area contributed by atoms with E-state index in [0.29, 0.717) is 31.5 Å². The highest BCUT2D eigenvalue weighted by atomic mass is 16.6. The number of ether oxygens (including phenoxy) is 1. The Kier molecular flexibility index (Phi) is 7.54. The van der Waals surface area contributed by atoms with Gasteiger partial charge in [-0.25, -0.2) is 0 Å². The van der Waals surface area contributed by atoms with Gasteiger partial charge in [-0.05, 0) is 62.9 Å². The molecule has 0 bridgehead atoms. The van der Waals surface area contributed by atoms with Crippen LogP contribution in [0.15, 0.2) is 12.2 Å². The van der Waals surface area contributed by atoms with Gasteiger partial charge in [0.1, 0.15) is 6.10 Å². The lowest BCUT2D eigenvalue weighted by atomic mass is 9.55. The number of nitrogens with one attached hydrogen (secondary N) is 1. The molecule has 0 spiro atoms. The minimum atomic E-state index is -0.0461.